The average molecular weight is 265 g/mol. The number of hydrogen-bond donors (Lipinski definition) is 0. The summed E-state index contributed by atoms with van der Waals surface area (Å²) in [7, 11) is 0. The molecule has 0 aliphatic heterocycles. The van der Waals surface area contributed by atoms with Crippen molar-refractivity contribution in [2.75, 3.05) is 0 Å². The van der Waals surface area contributed by atoms with E-state index in [1.807, 2.05) is 0 Å². The van der Waals surface area contributed by atoms with Crippen molar-refractivity contribution >= 4 is 27.0 Å². The second-order valence-electron chi connectivity index (χ2n) is 4.28. The van der Waals surface area contributed by atoms with E-state index >= 15 is 0 Å². The lowest BCUT2D eigenvalue weighted by molar-refractivity contribution is 0.316. The first kappa shape index (κ1) is 9.40. The van der Waals surface area contributed by atoms with Crippen molar-refractivity contribution in [3.63, 3.8) is 0 Å². The molecule has 1 aliphatic carbocycles. The van der Waals surface area contributed by atoms with Crippen LogP contribution in [0.1, 0.15) is 30.9 Å². The second kappa shape index (κ2) is 3.34. The molecule has 0 spiro atoms. The minimum absolute atomic E-state index is 0.658. The highest BCUT2D eigenvalue weighted by Crippen LogP contribution is 2.37. The second-order valence-corrected chi connectivity index (χ2v) is 4.99. The molecule has 1 aromatic heterocycles. The highest BCUT2D eigenvalue weighted by Gasteiger charge is 2.23. The molecular weight excluding hydrogens is 252 g/mol. The Morgan fingerprint density at radius 2 is 2.20 bits per heavy atom. The number of aryl methyl sites for hydroxylation is 1. The SMILES string of the molecule is Cc1cccc2c1nc(Br)n2C1CCC1. The zero-order chi connectivity index (χ0) is 10.4. The van der Waals surface area contributed by atoms with Crippen LogP contribution in [0, 0.1) is 6.92 Å². The van der Waals surface area contributed by atoms with Crippen LogP contribution in [0.4, 0.5) is 0 Å². The Morgan fingerprint density at radius 1 is 1.40 bits per heavy atom. The molecule has 3 rings (SSSR count). The summed E-state index contributed by atoms with van der Waals surface area (Å²) in [6.07, 6.45) is 3.93. The fourth-order valence-electron chi connectivity index (χ4n) is 2.22. The van der Waals surface area contributed by atoms with Gasteiger partial charge < -0.3 is 4.57 Å². The van der Waals surface area contributed by atoms with Gasteiger partial charge in [-0.05, 0) is 53.7 Å². The van der Waals surface area contributed by atoms with E-state index in [-0.39, 0.29) is 0 Å². The van der Waals surface area contributed by atoms with Gasteiger partial charge in [0.05, 0.1) is 11.0 Å². The predicted octanol–water partition coefficient (Wildman–Crippen LogP) is 3.83. The highest BCUT2D eigenvalue weighted by atomic mass is 79.9. The van der Waals surface area contributed by atoms with Crippen molar-refractivity contribution in [1.82, 2.24) is 9.55 Å². The van der Waals surface area contributed by atoms with E-state index in [0.717, 1.165) is 10.3 Å². The van der Waals surface area contributed by atoms with Crippen molar-refractivity contribution < 1.29 is 0 Å². The fraction of sp³-hybridized carbons (Fsp3) is 0.417. The monoisotopic (exact) mass is 264 g/mol. The summed E-state index contributed by atoms with van der Waals surface area (Å²) in [5.41, 5.74) is 3.66. The van der Waals surface area contributed by atoms with Crippen molar-refractivity contribution in [1.29, 1.82) is 0 Å². The van der Waals surface area contributed by atoms with Gasteiger partial charge >= 0.3 is 0 Å². The molecule has 15 heavy (non-hydrogen) atoms. The van der Waals surface area contributed by atoms with Gasteiger partial charge in [0.2, 0.25) is 0 Å². The third-order valence-electron chi connectivity index (χ3n) is 3.32. The summed E-state index contributed by atoms with van der Waals surface area (Å²) in [5.74, 6) is 0. The van der Waals surface area contributed by atoms with Gasteiger partial charge in [-0.15, -0.1) is 0 Å². The van der Waals surface area contributed by atoms with Crippen LogP contribution < -0.4 is 0 Å². The molecule has 1 saturated carbocycles. The third kappa shape index (κ3) is 1.33. The normalized spacial score (nSPS) is 16.9. The standard InChI is InChI=1S/C12H13BrN2/c1-8-4-2-7-10-11(8)14-12(13)15(10)9-5-3-6-9/h2,4,7,9H,3,5-6H2,1H3. The zero-order valence-electron chi connectivity index (χ0n) is 8.70. The summed E-state index contributed by atoms with van der Waals surface area (Å²) >= 11 is 3.57. The number of hydrogen-bond acceptors (Lipinski definition) is 1. The number of fused-ring (bicyclic) bond motifs is 1. The Balaban J connectivity index is 2.27. The maximum absolute atomic E-state index is 4.60. The van der Waals surface area contributed by atoms with Crippen molar-refractivity contribution in [3.8, 4) is 0 Å². The molecule has 3 heteroatoms. The van der Waals surface area contributed by atoms with E-state index in [9.17, 15) is 0 Å². The lowest BCUT2D eigenvalue weighted by Gasteiger charge is -2.28. The summed E-state index contributed by atoms with van der Waals surface area (Å²) in [6, 6.07) is 7.05. The Bertz CT molecular complexity index is 512. The molecule has 0 atom stereocenters. The lowest BCUT2D eigenvalue weighted by Crippen LogP contribution is -2.16. The molecule has 0 N–H and O–H groups in total. The topological polar surface area (TPSA) is 17.8 Å². The molecule has 1 aliphatic rings. The molecular formula is C12H13BrN2. The fourth-order valence-corrected chi connectivity index (χ4v) is 2.88. The maximum atomic E-state index is 4.60. The molecule has 1 fully saturated rings. The Labute approximate surface area is 97.4 Å². The number of halogens is 1. The number of aromatic nitrogens is 2. The summed E-state index contributed by atoms with van der Waals surface area (Å²) in [4.78, 5) is 4.60. The molecule has 0 unspecified atom stereocenters. The number of rotatable bonds is 1. The lowest BCUT2D eigenvalue weighted by atomic mass is 9.93. The first-order chi connectivity index (χ1) is 7.27. The molecule has 0 saturated heterocycles. The quantitative estimate of drug-likeness (QED) is 0.766. The Morgan fingerprint density at radius 3 is 2.87 bits per heavy atom. The molecule has 0 radical (unpaired) electrons. The molecule has 78 valence electrons. The summed E-state index contributed by atoms with van der Waals surface area (Å²) < 4.78 is 3.32. The Kier molecular flexibility index (Phi) is 2.09. The maximum Gasteiger partial charge on any atom is 0.178 e. The van der Waals surface area contributed by atoms with E-state index in [1.54, 1.807) is 0 Å². The molecule has 2 aromatic rings. The highest BCUT2D eigenvalue weighted by molar-refractivity contribution is 9.10. The largest absolute Gasteiger partial charge is 0.315 e. The number of nitrogens with zero attached hydrogens (tertiary/aromatic N) is 2. The van der Waals surface area contributed by atoms with Crippen LogP contribution in [-0.4, -0.2) is 9.55 Å². The predicted molar refractivity (Wildman–Crippen MR) is 65.1 cm³/mol. The third-order valence-corrected chi connectivity index (χ3v) is 3.88. The van der Waals surface area contributed by atoms with Crippen molar-refractivity contribution in [2.45, 2.75) is 32.2 Å². The number of imidazole rings is 1. The van der Waals surface area contributed by atoms with Crippen LogP contribution in [0.2, 0.25) is 0 Å². The van der Waals surface area contributed by atoms with E-state index in [1.165, 1.54) is 30.3 Å². The number of para-hydroxylation sites is 1. The van der Waals surface area contributed by atoms with Gasteiger partial charge in [0, 0.05) is 6.04 Å². The van der Waals surface area contributed by atoms with Crippen LogP contribution in [0.15, 0.2) is 22.9 Å². The van der Waals surface area contributed by atoms with Gasteiger partial charge in [0.25, 0.3) is 0 Å². The summed E-state index contributed by atoms with van der Waals surface area (Å²) in [6.45, 7) is 2.12. The first-order valence-electron chi connectivity index (χ1n) is 5.40. The van der Waals surface area contributed by atoms with Crippen LogP contribution in [-0.2, 0) is 0 Å². The smallest absolute Gasteiger partial charge is 0.178 e. The van der Waals surface area contributed by atoms with Crippen LogP contribution in [0.25, 0.3) is 11.0 Å². The Hall–Kier alpha value is -0.830. The van der Waals surface area contributed by atoms with Crippen LogP contribution in [0.3, 0.4) is 0 Å². The van der Waals surface area contributed by atoms with Crippen molar-refractivity contribution in [3.05, 3.63) is 28.5 Å². The molecule has 1 aromatic carbocycles. The van der Waals surface area contributed by atoms with Crippen molar-refractivity contribution in [2.24, 2.45) is 0 Å². The minimum atomic E-state index is 0.658. The molecule has 2 nitrogen and oxygen atoms in total. The zero-order valence-corrected chi connectivity index (χ0v) is 10.3. The van der Waals surface area contributed by atoms with Gasteiger partial charge in [0.15, 0.2) is 4.73 Å². The van der Waals surface area contributed by atoms with E-state index in [4.69, 9.17) is 0 Å². The van der Waals surface area contributed by atoms with Crippen LogP contribution >= 0.6 is 15.9 Å². The van der Waals surface area contributed by atoms with Gasteiger partial charge in [0.1, 0.15) is 0 Å². The number of benzene rings is 1. The van der Waals surface area contributed by atoms with Gasteiger partial charge in [-0.2, -0.15) is 0 Å². The molecule has 0 bridgehead atoms. The minimum Gasteiger partial charge on any atom is -0.315 e. The summed E-state index contributed by atoms with van der Waals surface area (Å²) in [5, 5.41) is 0. The molecule has 0 amide bonds. The van der Waals surface area contributed by atoms with Gasteiger partial charge in [-0.25, -0.2) is 4.98 Å². The van der Waals surface area contributed by atoms with Gasteiger partial charge in [-0.1, -0.05) is 12.1 Å². The van der Waals surface area contributed by atoms with E-state index < -0.39 is 0 Å². The molecule has 1 heterocycles. The van der Waals surface area contributed by atoms with Gasteiger partial charge in [-0.3, -0.25) is 0 Å². The van der Waals surface area contributed by atoms with E-state index in [2.05, 4.69) is 50.6 Å². The van der Waals surface area contributed by atoms with Crippen LogP contribution in [0.5, 0.6) is 0 Å². The average Bonchev–Trinajstić information content (AvgIpc) is 2.44. The van der Waals surface area contributed by atoms with E-state index in [0.29, 0.717) is 6.04 Å². The first-order valence-corrected chi connectivity index (χ1v) is 6.20.